The monoisotopic (exact) mass is 750 g/mol. The number of hydrogen-bond acceptors (Lipinski definition) is 5. The molecule has 3 aromatic rings. The van der Waals surface area contributed by atoms with Crippen LogP contribution in [0.15, 0.2) is 65.6 Å². The number of imide groups is 1. The summed E-state index contributed by atoms with van der Waals surface area (Å²) < 4.78 is 7.92. The fraction of sp³-hybridized carbons (Fsp3) is 0.207. The molecule has 3 aromatic carbocycles. The van der Waals surface area contributed by atoms with Crippen molar-refractivity contribution in [1.29, 1.82) is 0 Å². The van der Waals surface area contributed by atoms with E-state index in [9.17, 15) is 14.4 Å². The zero-order valence-corrected chi connectivity index (χ0v) is 25.7. The molecule has 2 aliphatic rings. The SMILES string of the molecule is Cc1cccc(COc2c(I)cc(/C=C3\SC(=O)N(CC(=O)N4CCc5ccccc5C4)C3=O)cc2I)c1. The van der Waals surface area contributed by atoms with Gasteiger partial charge in [0.05, 0.1) is 12.0 Å². The second-order valence-electron chi connectivity index (χ2n) is 9.19. The molecule has 3 amide bonds. The van der Waals surface area contributed by atoms with E-state index in [0.29, 0.717) is 24.6 Å². The first-order chi connectivity index (χ1) is 18.3. The fourth-order valence-electron chi connectivity index (χ4n) is 4.49. The standard InChI is InChI=1S/C29H24I2N2O4S/c1-18-5-4-6-19(11-18)17-37-27-23(30)12-20(13-24(27)31)14-25-28(35)33(29(36)38-25)16-26(34)32-10-9-21-7-2-3-8-22(21)15-32/h2-8,11-14H,9-10,15-17H2,1H3/b25-14-. The van der Waals surface area contributed by atoms with Crippen LogP contribution in [0.2, 0.25) is 0 Å². The number of aryl methyl sites for hydroxylation is 1. The van der Waals surface area contributed by atoms with E-state index in [0.717, 1.165) is 52.7 Å². The van der Waals surface area contributed by atoms with Gasteiger partial charge in [-0.3, -0.25) is 19.3 Å². The van der Waals surface area contributed by atoms with Crippen molar-refractivity contribution in [1.82, 2.24) is 9.80 Å². The lowest BCUT2D eigenvalue weighted by Gasteiger charge is -2.29. The van der Waals surface area contributed by atoms with Crippen molar-refractivity contribution in [2.45, 2.75) is 26.5 Å². The molecule has 5 rings (SSSR count). The van der Waals surface area contributed by atoms with Gasteiger partial charge in [0.1, 0.15) is 18.9 Å². The van der Waals surface area contributed by atoms with Gasteiger partial charge in [-0.15, -0.1) is 0 Å². The summed E-state index contributed by atoms with van der Waals surface area (Å²) in [7, 11) is 0. The Morgan fingerprint density at radius 1 is 1.03 bits per heavy atom. The van der Waals surface area contributed by atoms with E-state index in [1.165, 1.54) is 11.1 Å². The van der Waals surface area contributed by atoms with Gasteiger partial charge in [-0.25, -0.2) is 0 Å². The minimum atomic E-state index is -0.435. The van der Waals surface area contributed by atoms with Gasteiger partial charge >= 0.3 is 0 Å². The van der Waals surface area contributed by atoms with Crippen LogP contribution in [0.1, 0.15) is 27.8 Å². The first-order valence-electron chi connectivity index (χ1n) is 12.1. The van der Waals surface area contributed by atoms with Crippen molar-refractivity contribution < 1.29 is 19.1 Å². The lowest BCUT2D eigenvalue weighted by molar-refractivity contribution is -0.136. The zero-order chi connectivity index (χ0) is 26.8. The van der Waals surface area contributed by atoms with Crippen molar-refractivity contribution >= 4 is 80.1 Å². The molecule has 1 fully saturated rings. The fourth-order valence-corrected chi connectivity index (χ4v) is 7.46. The summed E-state index contributed by atoms with van der Waals surface area (Å²) in [5.41, 5.74) is 5.42. The third kappa shape index (κ3) is 6.09. The van der Waals surface area contributed by atoms with Gasteiger partial charge in [-0.2, -0.15) is 0 Å². The van der Waals surface area contributed by atoms with Crippen molar-refractivity contribution in [3.63, 3.8) is 0 Å². The number of nitrogens with zero attached hydrogens (tertiary/aromatic N) is 2. The molecule has 38 heavy (non-hydrogen) atoms. The maximum Gasteiger partial charge on any atom is 0.294 e. The summed E-state index contributed by atoms with van der Waals surface area (Å²) in [6, 6.07) is 20.1. The maximum atomic E-state index is 13.1. The Hall–Kier alpha value is -2.38. The van der Waals surface area contributed by atoms with Crippen LogP contribution in [0.4, 0.5) is 4.79 Å². The number of carbonyl (C=O) groups is 3. The average molecular weight is 750 g/mol. The molecule has 0 saturated carbocycles. The molecule has 0 N–H and O–H groups in total. The molecule has 2 heterocycles. The van der Waals surface area contributed by atoms with E-state index in [2.05, 4.69) is 70.3 Å². The molecule has 2 aliphatic heterocycles. The maximum absolute atomic E-state index is 13.1. The molecule has 0 bridgehead atoms. The van der Waals surface area contributed by atoms with Crippen molar-refractivity contribution in [3.8, 4) is 5.75 Å². The van der Waals surface area contributed by atoms with Gasteiger partial charge in [0.2, 0.25) is 5.91 Å². The molecule has 0 radical (unpaired) electrons. The third-order valence-corrected chi connectivity index (χ3v) is 8.94. The summed E-state index contributed by atoms with van der Waals surface area (Å²) in [5, 5.41) is -0.422. The van der Waals surface area contributed by atoms with Crippen LogP contribution in [0.3, 0.4) is 0 Å². The number of rotatable bonds is 6. The lowest BCUT2D eigenvalue weighted by Crippen LogP contribution is -2.44. The van der Waals surface area contributed by atoms with Gasteiger partial charge < -0.3 is 9.64 Å². The third-order valence-electron chi connectivity index (χ3n) is 6.43. The van der Waals surface area contributed by atoms with E-state index in [1.54, 1.807) is 11.0 Å². The predicted octanol–water partition coefficient (Wildman–Crippen LogP) is 6.40. The van der Waals surface area contributed by atoms with E-state index in [1.807, 2.05) is 42.5 Å². The van der Waals surface area contributed by atoms with Crippen LogP contribution in [0, 0.1) is 14.1 Å². The Balaban J connectivity index is 1.25. The molecule has 194 valence electrons. The average Bonchev–Trinajstić information content (AvgIpc) is 3.15. The Morgan fingerprint density at radius 3 is 2.50 bits per heavy atom. The summed E-state index contributed by atoms with van der Waals surface area (Å²) in [5.74, 6) is 0.129. The molecule has 0 aromatic heterocycles. The minimum Gasteiger partial charge on any atom is -0.487 e. The summed E-state index contributed by atoms with van der Waals surface area (Å²) in [6.45, 7) is 3.34. The highest BCUT2D eigenvalue weighted by molar-refractivity contribution is 14.1. The van der Waals surface area contributed by atoms with Crippen LogP contribution < -0.4 is 4.74 Å². The Labute approximate surface area is 253 Å². The predicted molar refractivity (Wildman–Crippen MR) is 166 cm³/mol. The summed E-state index contributed by atoms with van der Waals surface area (Å²) >= 11 is 5.32. The number of ether oxygens (including phenoxy) is 1. The van der Waals surface area contributed by atoms with Gasteiger partial charge in [0.15, 0.2) is 0 Å². The molecule has 6 nitrogen and oxygen atoms in total. The van der Waals surface area contributed by atoms with Crippen LogP contribution in [-0.2, 0) is 29.2 Å². The second kappa shape index (κ2) is 11.8. The second-order valence-corrected chi connectivity index (χ2v) is 12.5. The van der Waals surface area contributed by atoms with Gasteiger partial charge in [0.25, 0.3) is 11.1 Å². The Morgan fingerprint density at radius 2 is 1.76 bits per heavy atom. The molecular formula is C29H24I2N2O4S. The van der Waals surface area contributed by atoms with Crippen molar-refractivity contribution in [2.75, 3.05) is 13.1 Å². The van der Waals surface area contributed by atoms with Crippen molar-refractivity contribution in [3.05, 3.63) is 101 Å². The van der Waals surface area contributed by atoms with Crippen LogP contribution in [0.5, 0.6) is 5.75 Å². The number of thioether (sulfide) groups is 1. The number of fused-ring (bicyclic) bond motifs is 1. The molecular weight excluding hydrogens is 726 g/mol. The topological polar surface area (TPSA) is 66.9 Å². The zero-order valence-electron chi connectivity index (χ0n) is 20.6. The van der Waals surface area contributed by atoms with E-state index >= 15 is 0 Å². The number of benzene rings is 3. The quantitative estimate of drug-likeness (QED) is 0.216. The molecule has 9 heteroatoms. The lowest BCUT2D eigenvalue weighted by atomic mass is 10.00. The molecule has 0 atom stereocenters. The van der Waals surface area contributed by atoms with Gasteiger partial charge in [-0.1, -0.05) is 54.1 Å². The molecule has 0 aliphatic carbocycles. The van der Waals surface area contributed by atoms with Crippen LogP contribution >= 0.6 is 56.9 Å². The highest BCUT2D eigenvalue weighted by atomic mass is 127. The Bertz CT molecular complexity index is 1450. The first kappa shape index (κ1) is 27.2. The number of carbonyl (C=O) groups excluding carboxylic acids is 3. The van der Waals surface area contributed by atoms with E-state index < -0.39 is 11.1 Å². The van der Waals surface area contributed by atoms with E-state index in [4.69, 9.17) is 4.74 Å². The highest BCUT2D eigenvalue weighted by Crippen LogP contribution is 2.35. The van der Waals surface area contributed by atoms with Crippen LogP contribution in [0.25, 0.3) is 6.08 Å². The number of amides is 3. The molecule has 1 saturated heterocycles. The molecule has 0 spiro atoms. The number of halogens is 2. The highest BCUT2D eigenvalue weighted by Gasteiger charge is 2.37. The minimum absolute atomic E-state index is 0.220. The van der Waals surface area contributed by atoms with Crippen LogP contribution in [-0.4, -0.2) is 39.9 Å². The first-order valence-corrected chi connectivity index (χ1v) is 15.0. The Kier molecular flexibility index (Phi) is 8.44. The molecule has 0 unspecified atom stereocenters. The normalized spacial score (nSPS) is 16.2. The van der Waals surface area contributed by atoms with Gasteiger partial charge in [0, 0.05) is 13.1 Å². The van der Waals surface area contributed by atoms with Crippen molar-refractivity contribution in [2.24, 2.45) is 0 Å². The van der Waals surface area contributed by atoms with Gasteiger partial charge in [-0.05, 0) is 111 Å². The summed E-state index contributed by atoms with van der Waals surface area (Å²) in [6.07, 6.45) is 2.48. The van der Waals surface area contributed by atoms with E-state index in [-0.39, 0.29) is 12.5 Å². The number of hydrogen-bond donors (Lipinski definition) is 0. The largest absolute Gasteiger partial charge is 0.487 e. The summed E-state index contributed by atoms with van der Waals surface area (Å²) in [4.78, 5) is 41.8. The smallest absolute Gasteiger partial charge is 0.294 e.